The third kappa shape index (κ3) is 4.83. The Bertz CT molecular complexity index is 304. The van der Waals surface area contributed by atoms with Crippen LogP contribution in [0.1, 0.15) is 38.4 Å². The van der Waals surface area contributed by atoms with E-state index in [9.17, 15) is 0 Å². The van der Waals surface area contributed by atoms with Gasteiger partial charge in [0.15, 0.2) is 0 Å². The summed E-state index contributed by atoms with van der Waals surface area (Å²) in [6.07, 6.45) is 8.19. The van der Waals surface area contributed by atoms with Crippen molar-refractivity contribution in [1.29, 1.82) is 0 Å². The quantitative estimate of drug-likeness (QED) is 0.754. The maximum Gasteiger partial charge on any atom is 0.105 e. The van der Waals surface area contributed by atoms with Crippen molar-refractivity contribution in [2.24, 2.45) is 0 Å². The van der Waals surface area contributed by atoms with Gasteiger partial charge in [-0.25, -0.2) is 0 Å². The van der Waals surface area contributed by atoms with Crippen LogP contribution < -0.4 is 5.32 Å². The minimum atomic E-state index is 0.498. The summed E-state index contributed by atoms with van der Waals surface area (Å²) >= 11 is 0. The van der Waals surface area contributed by atoms with E-state index in [0.717, 1.165) is 18.7 Å². The SMILES string of the molecule is CC(Cc1ccco1)NCCCN1CCCCC1. The lowest BCUT2D eigenvalue weighted by Gasteiger charge is -2.26. The van der Waals surface area contributed by atoms with Crippen molar-refractivity contribution in [3.05, 3.63) is 24.2 Å². The number of nitrogens with zero attached hydrogens (tertiary/aromatic N) is 1. The Morgan fingerprint density at radius 1 is 1.33 bits per heavy atom. The van der Waals surface area contributed by atoms with E-state index in [4.69, 9.17) is 4.42 Å². The van der Waals surface area contributed by atoms with Crippen LogP contribution in [0.4, 0.5) is 0 Å². The molecule has 1 aromatic rings. The average molecular weight is 250 g/mol. The predicted octanol–water partition coefficient (Wildman–Crippen LogP) is 2.68. The molecule has 3 nitrogen and oxygen atoms in total. The first-order valence-corrected chi connectivity index (χ1v) is 7.33. The van der Waals surface area contributed by atoms with Crippen molar-refractivity contribution in [2.75, 3.05) is 26.2 Å². The molecule has 1 unspecified atom stereocenters. The number of piperidine rings is 1. The van der Waals surface area contributed by atoms with Gasteiger partial charge in [-0.1, -0.05) is 6.42 Å². The number of nitrogens with one attached hydrogen (secondary N) is 1. The van der Waals surface area contributed by atoms with Crippen LogP contribution in [0.2, 0.25) is 0 Å². The molecule has 1 fully saturated rings. The summed E-state index contributed by atoms with van der Waals surface area (Å²) in [6.45, 7) is 7.20. The number of likely N-dealkylation sites (tertiary alicyclic amines) is 1. The number of hydrogen-bond donors (Lipinski definition) is 1. The topological polar surface area (TPSA) is 28.4 Å². The minimum Gasteiger partial charge on any atom is -0.469 e. The van der Waals surface area contributed by atoms with Gasteiger partial charge in [0, 0.05) is 12.5 Å². The second kappa shape index (κ2) is 7.59. The summed E-state index contributed by atoms with van der Waals surface area (Å²) in [5.41, 5.74) is 0. The Labute approximate surface area is 111 Å². The van der Waals surface area contributed by atoms with E-state index in [-0.39, 0.29) is 0 Å². The first-order chi connectivity index (χ1) is 8.84. The monoisotopic (exact) mass is 250 g/mol. The number of hydrogen-bond acceptors (Lipinski definition) is 3. The number of rotatable bonds is 7. The predicted molar refractivity (Wildman–Crippen MR) is 74.8 cm³/mol. The second-order valence-corrected chi connectivity index (χ2v) is 5.39. The Kier molecular flexibility index (Phi) is 5.75. The highest BCUT2D eigenvalue weighted by atomic mass is 16.3. The van der Waals surface area contributed by atoms with Crippen LogP contribution in [-0.2, 0) is 6.42 Å². The fourth-order valence-corrected chi connectivity index (χ4v) is 2.64. The average Bonchev–Trinajstić information content (AvgIpc) is 2.89. The molecule has 1 aliphatic heterocycles. The van der Waals surface area contributed by atoms with Crippen LogP contribution in [-0.4, -0.2) is 37.1 Å². The van der Waals surface area contributed by atoms with Crippen molar-refractivity contribution in [3.8, 4) is 0 Å². The lowest BCUT2D eigenvalue weighted by Crippen LogP contribution is -2.34. The molecule has 0 radical (unpaired) electrons. The molecular formula is C15H26N2O. The lowest BCUT2D eigenvalue weighted by atomic mass is 10.1. The smallest absolute Gasteiger partial charge is 0.105 e. The van der Waals surface area contributed by atoms with E-state index in [0.29, 0.717) is 6.04 Å². The van der Waals surface area contributed by atoms with Gasteiger partial charge in [0.2, 0.25) is 0 Å². The van der Waals surface area contributed by atoms with Crippen molar-refractivity contribution >= 4 is 0 Å². The van der Waals surface area contributed by atoms with Crippen molar-refractivity contribution < 1.29 is 4.42 Å². The molecule has 1 N–H and O–H groups in total. The van der Waals surface area contributed by atoms with Crippen LogP contribution in [0, 0.1) is 0 Å². The highest BCUT2D eigenvalue weighted by Gasteiger charge is 2.09. The van der Waals surface area contributed by atoms with Crippen LogP contribution in [0.25, 0.3) is 0 Å². The lowest BCUT2D eigenvalue weighted by molar-refractivity contribution is 0.225. The van der Waals surface area contributed by atoms with E-state index < -0.39 is 0 Å². The van der Waals surface area contributed by atoms with Gasteiger partial charge >= 0.3 is 0 Å². The molecule has 0 spiro atoms. The normalized spacial score (nSPS) is 18.9. The zero-order chi connectivity index (χ0) is 12.6. The van der Waals surface area contributed by atoms with E-state index in [1.807, 2.05) is 12.1 Å². The van der Waals surface area contributed by atoms with E-state index in [1.165, 1.54) is 45.3 Å². The van der Waals surface area contributed by atoms with Gasteiger partial charge in [-0.05, 0) is 64.5 Å². The third-order valence-electron chi connectivity index (χ3n) is 3.68. The molecule has 102 valence electrons. The summed E-state index contributed by atoms with van der Waals surface area (Å²) in [5.74, 6) is 1.08. The van der Waals surface area contributed by atoms with Crippen molar-refractivity contribution in [3.63, 3.8) is 0 Å². The molecule has 3 heteroatoms. The fourth-order valence-electron chi connectivity index (χ4n) is 2.64. The molecule has 2 heterocycles. The molecule has 0 saturated carbocycles. The summed E-state index contributed by atoms with van der Waals surface area (Å²) in [5, 5.41) is 3.57. The van der Waals surface area contributed by atoms with E-state index in [1.54, 1.807) is 6.26 Å². The van der Waals surface area contributed by atoms with Gasteiger partial charge in [-0.2, -0.15) is 0 Å². The molecule has 1 atom stereocenters. The van der Waals surface area contributed by atoms with Crippen LogP contribution in [0.15, 0.2) is 22.8 Å². The molecule has 2 rings (SSSR count). The van der Waals surface area contributed by atoms with Gasteiger partial charge in [-0.3, -0.25) is 0 Å². The summed E-state index contributed by atoms with van der Waals surface area (Å²) in [6, 6.07) is 4.50. The Balaban J connectivity index is 1.52. The third-order valence-corrected chi connectivity index (χ3v) is 3.68. The second-order valence-electron chi connectivity index (χ2n) is 5.39. The van der Waals surface area contributed by atoms with Crippen LogP contribution in [0.5, 0.6) is 0 Å². The maximum absolute atomic E-state index is 5.36. The maximum atomic E-state index is 5.36. The zero-order valence-electron chi connectivity index (χ0n) is 11.5. The largest absolute Gasteiger partial charge is 0.469 e. The Hall–Kier alpha value is -0.800. The van der Waals surface area contributed by atoms with Crippen LogP contribution >= 0.6 is 0 Å². The van der Waals surface area contributed by atoms with Crippen molar-refractivity contribution in [1.82, 2.24) is 10.2 Å². The van der Waals surface area contributed by atoms with Gasteiger partial charge in [-0.15, -0.1) is 0 Å². The van der Waals surface area contributed by atoms with Gasteiger partial charge in [0.25, 0.3) is 0 Å². The van der Waals surface area contributed by atoms with E-state index in [2.05, 4.69) is 17.1 Å². The van der Waals surface area contributed by atoms with Gasteiger partial charge < -0.3 is 14.6 Å². The molecule has 1 aromatic heterocycles. The summed E-state index contributed by atoms with van der Waals surface area (Å²) < 4.78 is 5.36. The minimum absolute atomic E-state index is 0.498. The molecular weight excluding hydrogens is 224 g/mol. The first-order valence-electron chi connectivity index (χ1n) is 7.33. The molecule has 18 heavy (non-hydrogen) atoms. The van der Waals surface area contributed by atoms with Gasteiger partial charge in [0.1, 0.15) is 5.76 Å². The number of furan rings is 1. The van der Waals surface area contributed by atoms with E-state index >= 15 is 0 Å². The molecule has 1 aliphatic rings. The summed E-state index contributed by atoms with van der Waals surface area (Å²) in [7, 11) is 0. The Morgan fingerprint density at radius 2 is 2.17 bits per heavy atom. The summed E-state index contributed by atoms with van der Waals surface area (Å²) in [4.78, 5) is 2.60. The molecule has 0 aliphatic carbocycles. The molecule has 1 saturated heterocycles. The Morgan fingerprint density at radius 3 is 2.89 bits per heavy atom. The van der Waals surface area contributed by atoms with Crippen molar-refractivity contribution in [2.45, 2.75) is 45.1 Å². The van der Waals surface area contributed by atoms with Gasteiger partial charge in [0.05, 0.1) is 6.26 Å². The molecule has 0 aromatic carbocycles. The van der Waals surface area contributed by atoms with Crippen LogP contribution in [0.3, 0.4) is 0 Å². The standard InChI is InChI=1S/C15H26N2O/c1-14(13-15-7-5-12-18-15)16-8-6-11-17-9-3-2-4-10-17/h5,7,12,14,16H,2-4,6,8-11,13H2,1H3. The molecule has 0 amide bonds. The highest BCUT2D eigenvalue weighted by Crippen LogP contribution is 2.08. The zero-order valence-corrected chi connectivity index (χ0v) is 11.5. The molecule has 0 bridgehead atoms. The fraction of sp³-hybridized carbons (Fsp3) is 0.733. The highest BCUT2D eigenvalue weighted by molar-refractivity contribution is 4.99. The first kappa shape index (κ1) is 13.6.